The quantitative estimate of drug-likeness (QED) is 0.561. The molecule has 0 saturated heterocycles. The van der Waals surface area contributed by atoms with E-state index in [-0.39, 0.29) is 0 Å². The van der Waals surface area contributed by atoms with Crippen LogP contribution in [0, 0.1) is 0 Å². The van der Waals surface area contributed by atoms with E-state index in [1.165, 1.54) is 0 Å². The summed E-state index contributed by atoms with van der Waals surface area (Å²) in [5.41, 5.74) is 1.71. The second-order valence-corrected chi connectivity index (χ2v) is 3.35. The van der Waals surface area contributed by atoms with Crippen LogP contribution in [-0.4, -0.2) is 20.4 Å². The molecule has 0 atom stereocenters. The van der Waals surface area contributed by atoms with E-state index in [1.54, 1.807) is 0 Å². The van der Waals surface area contributed by atoms with Crippen LogP contribution in [0.5, 0.6) is 0 Å². The molecule has 0 aliphatic heterocycles. The Morgan fingerprint density at radius 2 is 1.83 bits per heavy atom. The van der Waals surface area contributed by atoms with Gasteiger partial charge in [0.25, 0.3) is 0 Å². The summed E-state index contributed by atoms with van der Waals surface area (Å²) in [6.45, 7) is 0. The summed E-state index contributed by atoms with van der Waals surface area (Å²) in [6, 6.07) is 9.77. The number of hydrogen-bond acceptors (Lipinski definition) is 3. The number of aromatic nitrogens is 2. The van der Waals surface area contributed by atoms with Gasteiger partial charge in [-0.3, -0.25) is 0 Å². The summed E-state index contributed by atoms with van der Waals surface area (Å²) in [7, 11) is 0.805. The van der Waals surface area contributed by atoms with Gasteiger partial charge in [0.1, 0.15) is 10.2 Å². The van der Waals surface area contributed by atoms with Crippen molar-refractivity contribution in [2.24, 2.45) is 0 Å². The molecule has 0 spiro atoms. The van der Waals surface area contributed by atoms with Crippen molar-refractivity contribution in [1.29, 1.82) is 0 Å². The van der Waals surface area contributed by atoms with Gasteiger partial charge < -0.3 is 4.42 Å². The average molecular weight is 176 g/mol. The van der Waals surface area contributed by atoms with Gasteiger partial charge in [0.15, 0.2) is 5.51 Å². The second-order valence-electron chi connectivity index (χ2n) is 2.49. The van der Waals surface area contributed by atoms with E-state index in [1.807, 2.05) is 30.3 Å². The van der Waals surface area contributed by atoms with Crippen molar-refractivity contribution in [1.82, 2.24) is 10.2 Å². The standard InChI is InChI=1S/C8H8N2OSi/c12-8-10-9-7(11-8)6-4-2-1-3-5-6/h1-5H,12H3. The molecule has 60 valence electrons. The van der Waals surface area contributed by atoms with Crippen molar-refractivity contribution in [3.63, 3.8) is 0 Å². The van der Waals surface area contributed by atoms with Crippen molar-refractivity contribution in [2.45, 2.75) is 0 Å². The molecule has 0 aliphatic rings. The molecule has 2 rings (SSSR count). The zero-order chi connectivity index (χ0) is 8.39. The molecular weight excluding hydrogens is 168 g/mol. The molecule has 2 aromatic rings. The summed E-state index contributed by atoms with van der Waals surface area (Å²) in [6.07, 6.45) is 0. The first kappa shape index (κ1) is 7.24. The number of rotatable bonds is 1. The Labute approximate surface area is 72.9 Å². The van der Waals surface area contributed by atoms with E-state index in [0.29, 0.717) is 5.89 Å². The molecule has 1 aromatic carbocycles. The molecule has 0 N–H and O–H groups in total. The van der Waals surface area contributed by atoms with Crippen LogP contribution in [0.2, 0.25) is 0 Å². The summed E-state index contributed by atoms with van der Waals surface area (Å²) >= 11 is 0. The fourth-order valence-electron chi connectivity index (χ4n) is 0.994. The number of benzene rings is 1. The van der Waals surface area contributed by atoms with Gasteiger partial charge in [0, 0.05) is 5.56 Å². The first-order chi connectivity index (χ1) is 5.86. The third-order valence-electron chi connectivity index (χ3n) is 1.55. The van der Waals surface area contributed by atoms with Gasteiger partial charge in [-0.05, 0) is 12.1 Å². The lowest BCUT2D eigenvalue weighted by Crippen LogP contribution is -2.00. The highest BCUT2D eigenvalue weighted by molar-refractivity contribution is 6.28. The summed E-state index contributed by atoms with van der Waals surface area (Å²) < 4.78 is 5.31. The minimum atomic E-state index is 0.612. The highest BCUT2D eigenvalue weighted by Gasteiger charge is 2.02. The van der Waals surface area contributed by atoms with Crippen LogP contribution in [-0.2, 0) is 0 Å². The first-order valence-corrected chi connectivity index (χ1v) is 4.72. The van der Waals surface area contributed by atoms with Gasteiger partial charge in [-0.1, -0.05) is 18.2 Å². The number of nitrogens with zero attached hydrogens (tertiary/aromatic N) is 2. The van der Waals surface area contributed by atoms with Crippen molar-refractivity contribution in [3.8, 4) is 11.5 Å². The Morgan fingerprint density at radius 3 is 2.42 bits per heavy atom. The Hall–Kier alpha value is -1.42. The van der Waals surface area contributed by atoms with Gasteiger partial charge in [-0.25, -0.2) is 0 Å². The smallest absolute Gasteiger partial charge is 0.247 e. The predicted molar refractivity (Wildman–Crippen MR) is 49.3 cm³/mol. The minimum absolute atomic E-state index is 0.612. The summed E-state index contributed by atoms with van der Waals surface area (Å²) in [5.74, 6) is 0.612. The summed E-state index contributed by atoms with van der Waals surface area (Å²) in [5, 5.41) is 7.74. The molecular formula is C8H8N2OSi. The molecule has 0 bridgehead atoms. The van der Waals surface area contributed by atoms with Crippen molar-refractivity contribution in [2.75, 3.05) is 0 Å². The molecule has 1 heterocycles. The molecule has 0 fully saturated rings. The van der Waals surface area contributed by atoms with Crippen LogP contribution in [0.15, 0.2) is 34.7 Å². The van der Waals surface area contributed by atoms with Gasteiger partial charge in [-0.2, -0.15) is 0 Å². The van der Waals surface area contributed by atoms with Gasteiger partial charge in [-0.15, -0.1) is 10.2 Å². The van der Waals surface area contributed by atoms with E-state index in [9.17, 15) is 0 Å². The van der Waals surface area contributed by atoms with Crippen LogP contribution in [0.25, 0.3) is 11.5 Å². The highest BCUT2D eigenvalue weighted by Crippen LogP contribution is 2.13. The molecule has 0 aliphatic carbocycles. The average Bonchev–Trinajstić information content (AvgIpc) is 2.54. The molecule has 0 saturated carbocycles. The number of hydrogen-bond donors (Lipinski definition) is 0. The monoisotopic (exact) mass is 176 g/mol. The van der Waals surface area contributed by atoms with Crippen LogP contribution < -0.4 is 5.51 Å². The lowest BCUT2D eigenvalue weighted by Gasteiger charge is -1.90. The molecule has 0 radical (unpaired) electrons. The molecule has 1 aromatic heterocycles. The third-order valence-corrected chi connectivity index (χ3v) is 1.95. The lowest BCUT2D eigenvalue weighted by atomic mass is 10.2. The summed E-state index contributed by atoms with van der Waals surface area (Å²) in [4.78, 5) is 0. The van der Waals surface area contributed by atoms with Crippen LogP contribution in [0.3, 0.4) is 0 Å². The minimum Gasteiger partial charge on any atom is -0.427 e. The van der Waals surface area contributed by atoms with Crippen molar-refractivity contribution < 1.29 is 4.42 Å². The van der Waals surface area contributed by atoms with E-state index in [2.05, 4.69) is 10.2 Å². The van der Waals surface area contributed by atoms with Crippen molar-refractivity contribution in [3.05, 3.63) is 30.3 Å². The topological polar surface area (TPSA) is 38.9 Å². The molecule has 3 nitrogen and oxygen atoms in total. The molecule has 12 heavy (non-hydrogen) atoms. The molecule has 4 heteroatoms. The van der Waals surface area contributed by atoms with Gasteiger partial charge in [0.05, 0.1) is 0 Å². The second kappa shape index (κ2) is 2.90. The van der Waals surface area contributed by atoms with E-state index in [0.717, 1.165) is 21.3 Å². The van der Waals surface area contributed by atoms with Crippen molar-refractivity contribution >= 4 is 15.8 Å². The van der Waals surface area contributed by atoms with E-state index >= 15 is 0 Å². The molecule has 0 unspecified atom stereocenters. The fraction of sp³-hybridized carbons (Fsp3) is 0. The maximum Gasteiger partial charge on any atom is 0.247 e. The highest BCUT2D eigenvalue weighted by atomic mass is 28.1. The van der Waals surface area contributed by atoms with Gasteiger partial charge in [0.2, 0.25) is 5.89 Å². The maximum atomic E-state index is 5.31. The predicted octanol–water partition coefficient (Wildman–Crippen LogP) is -0.273. The zero-order valence-corrected chi connectivity index (χ0v) is 8.69. The van der Waals surface area contributed by atoms with Gasteiger partial charge >= 0.3 is 0 Å². The van der Waals surface area contributed by atoms with E-state index < -0.39 is 0 Å². The largest absolute Gasteiger partial charge is 0.427 e. The van der Waals surface area contributed by atoms with Crippen LogP contribution in [0.1, 0.15) is 0 Å². The maximum absolute atomic E-state index is 5.31. The normalized spacial score (nSPS) is 10.3. The van der Waals surface area contributed by atoms with E-state index in [4.69, 9.17) is 4.42 Å². The Bertz CT molecular complexity index is 372. The Morgan fingerprint density at radius 1 is 1.08 bits per heavy atom. The molecule has 0 amide bonds. The van der Waals surface area contributed by atoms with Crippen LogP contribution >= 0.6 is 0 Å². The fourth-order valence-corrected chi connectivity index (χ4v) is 1.29. The lowest BCUT2D eigenvalue weighted by molar-refractivity contribution is 0.605. The SMILES string of the molecule is [SiH3]c1nnc(-c2ccccc2)o1. The van der Waals surface area contributed by atoms with Crippen LogP contribution in [0.4, 0.5) is 0 Å². The zero-order valence-electron chi connectivity index (χ0n) is 6.69. The third kappa shape index (κ3) is 1.28. The first-order valence-electron chi connectivity index (χ1n) is 3.72. The Balaban J connectivity index is 2.45. The Kier molecular flexibility index (Phi) is 1.75.